The van der Waals surface area contributed by atoms with Gasteiger partial charge in [-0.05, 0) is 118 Å². The molecule has 3 saturated heterocycles. The number of carbonyl (C=O) groups is 7. The maximum Gasteiger partial charge on any atom is 0.353 e. The first kappa shape index (κ1) is 59.6. The summed E-state index contributed by atoms with van der Waals surface area (Å²) in [5.74, 6) is -3.89. The summed E-state index contributed by atoms with van der Waals surface area (Å²) in [6, 6.07) is 22.2. The van der Waals surface area contributed by atoms with Gasteiger partial charge in [-0.15, -0.1) is 11.8 Å². The predicted molar refractivity (Wildman–Crippen MR) is 302 cm³/mol. The van der Waals surface area contributed by atoms with Crippen molar-refractivity contribution < 1.29 is 67.8 Å². The molecule has 0 radical (unpaired) electrons. The fraction of sp³-hybridized carbons (Fsp3) is 0.467. The van der Waals surface area contributed by atoms with Gasteiger partial charge in [0.05, 0.1) is 56.1 Å². The third-order valence-electron chi connectivity index (χ3n) is 15.9. The van der Waals surface area contributed by atoms with Crippen LogP contribution in [0.25, 0.3) is 0 Å². The average Bonchev–Trinajstić information content (AvgIpc) is 2.40. The van der Waals surface area contributed by atoms with E-state index in [0.29, 0.717) is 103 Å². The maximum absolute atomic E-state index is 14.2. The quantitative estimate of drug-likeness (QED) is 0.0188. The van der Waals surface area contributed by atoms with Crippen LogP contribution in [0.2, 0.25) is 0 Å². The zero-order valence-corrected chi connectivity index (χ0v) is 47.5. The Labute approximate surface area is 475 Å². The number of amides is 3. The Morgan fingerprint density at radius 3 is 2.37 bits per heavy atom. The number of nitrogens with one attached hydrogen (secondary N) is 2. The van der Waals surface area contributed by atoms with E-state index in [9.17, 15) is 48.9 Å². The molecular weight excluding hydrogens is 1060 g/mol. The number of thioether (sulfide) groups is 1. The number of aliphatic hydroxyl groups is 1. The van der Waals surface area contributed by atoms with Gasteiger partial charge < -0.3 is 54.7 Å². The first-order chi connectivity index (χ1) is 38.7. The topological polar surface area (TPSA) is 264 Å². The van der Waals surface area contributed by atoms with Gasteiger partial charge in [0.2, 0.25) is 17.6 Å². The van der Waals surface area contributed by atoms with Crippen LogP contribution in [0.3, 0.4) is 0 Å². The van der Waals surface area contributed by atoms with Gasteiger partial charge in [-0.1, -0.05) is 58.0 Å². The summed E-state index contributed by atoms with van der Waals surface area (Å²) in [5.41, 5.74) is 1.55. The third-order valence-corrected chi connectivity index (χ3v) is 17.4. The van der Waals surface area contributed by atoms with E-state index in [-0.39, 0.29) is 48.0 Å². The molecule has 3 aromatic carbocycles. The number of carboxylic acid groups (broad SMARTS) is 2. The van der Waals surface area contributed by atoms with Crippen molar-refractivity contribution in [2.24, 2.45) is 17.3 Å². The molecule has 4 aliphatic rings. The van der Waals surface area contributed by atoms with Crippen molar-refractivity contribution in [1.29, 1.82) is 0 Å². The van der Waals surface area contributed by atoms with Crippen LogP contribution in [0.5, 0.6) is 17.2 Å². The number of aryl methyl sites for hydroxylation is 1. The van der Waals surface area contributed by atoms with Crippen LogP contribution in [0.4, 0.5) is 11.5 Å². The summed E-state index contributed by atoms with van der Waals surface area (Å²) in [7, 11) is 3.12. The number of hydrogen-bond acceptors (Lipinski definition) is 16. The summed E-state index contributed by atoms with van der Waals surface area (Å²) in [6.45, 7) is 10.1. The number of Topliss-reactive ketones (excluding diaryl/α,β-unsaturated/α-hetero) is 1. The highest BCUT2D eigenvalue weighted by atomic mass is 32.2. The number of esters is 1. The molecule has 0 saturated carbocycles. The van der Waals surface area contributed by atoms with Crippen LogP contribution in [0, 0.1) is 17.3 Å². The number of aliphatic hydroxyl groups excluding tert-OH is 1. The molecule has 0 bridgehead atoms. The van der Waals surface area contributed by atoms with Crippen LogP contribution >= 0.6 is 11.8 Å². The molecule has 3 fully saturated rings. The Hall–Kier alpha value is -7.49. The Balaban J connectivity index is 0.945. The molecule has 432 valence electrons. The fourth-order valence-corrected chi connectivity index (χ4v) is 12.6. The van der Waals surface area contributed by atoms with Crippen molar-refractivity contribution in [1.82, 2.24) is 19.7 Å². The van der Waals surface area contributed by atoms with E-state index >= 15 is 0 Å². The first-order valence-corrected chi connectivity index (χ1v) is 28.3. The molecule has 8 rings (SSSR count). The van der Waals surface area contributed by atoms with E-state index < -0.39 is 77.2 Å². The monoisotopic (exact) mass is 1130 g/mol. The van der Waals surface area contributed by atoms with Crippen LogP contribution in [-0.2, 0) is 46.5 Å². The lowest BCUT2D eigenvalue weighted by molar-refractivity contribution is -0.164. The molecular formula is C60H72N6O14S. The van der Waals surface area contributed by atoms with Crippen LogP contribution in [0.15, 0.2) is 95.5 Å². The summed E-state index contributed by atoms with van der Waals surface area (Å²) >= 11 is 1.33. The van der Waals surface area contributed by atoms with Crippen molar-refractivity contribution >= 4 is 64.7 Å². The molecule has 8 atom stereocenters. The number of hydrogen-bond donors (Lipinski definition) is 5. The van der Waals surface area contributed by atoms with Gasteiger partial charge in [-0.3, -0.25) is 24.1 Å². The second-order valence-corrected chi connectivity index (χ2v) is 23.0. The van der Waals surface area contributed by atoms with E-state index in [4.69, 9.17) is 23.9 Å². The molecule has 81 heavy (non-hydrogen) atoms. The number of ether oxygens (including phenoxy) is 4. The minimum absolute atomic E-state index is 0.00489. The number of nitrogens with zero attached hydrogens (tertiary/aromatic N) is 4. The molecule has 3 amide bonds. The third kappa shape index (κ3) is 13.5. The number of anilines is 2. The fourth-order valence-electron chi connectivity index (χ4n) is 11.1. The number of benzene rings is 3. The van der Waals surface area contributed by atoms with E-state index in [2.05, 4.69) is 10.6 Å². The molecule has 1 aromatic heterocycles. The van der Waals surface area contributed by atoms with Crippen LogP contribution < -0.4 is 24.8 Å². The van der Waals surface area contributed by atoms with Crippen molar-refractivity contribution in [2.45, 2.75) is 122 Å². The van der Waals surface area contributed by atoms with Gasteiger partial charge in [0.15, 0.2) is 11.5 Å². The molecule has 20 nitrogen and oxygen atoms in total. The van der Waals surface area contributed by atoms with E-state index in [1.54, 1.807) is 52.3 Å². The Kier molecular flexibility index (Phi) is 19.1. The lowest BCUT2D eigenvalue weighted by Gasteiger charge is -2.46. The largest absolute Gasteiger partial charge is 0.493 e. The molecule has 0 aliphatic carbocycles. The molecule has 4 aromatic rings. The van der Waals surface area contributed by atoms with E-state index in [0.717, 1.165) is 5.56 Å². The number of carbonyl (C=O) groups excluding carboxylic acids is 5. The highest BCUT2D eigenvalue weighted by Gasteiger charge is 2.60. The molecule has 4 aliphatic heterocycles. The summed E-state index contributed by atoms with van der Waals surface area (Å²) in [4.78, 5) is 103. The Morgan fingerprint density at radius 2 is 1.65 bits per heavy atom. The van der Waals surface area contributed by atoms with Crippen molar-refractivity contribution in [2.75, 3.05) is 51.1 Å². The van der Waals surface area contributed by atoms with Crippen molar-refractivity contribution in [3.8, 4) is 17.2 Å². The molecule has 5 N–H and O–H groups in total. The summed E-state index contributed by atoms with van der Waals surface area (Å²) in [6.07, 6.45) is 1.65. The second-order valence-electron chi connectivity index (χ2n) is 21.7. The minimum atomic E-state index is -1.24. The number of aromatic nitrogens is 1. The Bertz CT molecular complexity index is 3060. The van der Waals surface area contributed by atoms with Gasteiger partial charge in [0.1, 0.15) is 36.0 Å². The van der Waals surface area contributed by atoms with Gasteiger partial charge >= 0.3 is 17.9 Å². The Morgan fingerprint density at radius 1 is 0.901 bits per heavy atom. The zero-order chi connectivity index (χ0) is 58.3. The first-order valence-electron chi connectivity index (χ1n) is 27.5. The van der Waals surface area contributed by atoms with Crippen LogP contribution in [0.1, 0.15) is 106 Å². The van der Waals surface area contributed by atoms with Crippen LogP contribution in [-0.4, -0.2) is 146 Å². The molecule has 0 unspecified atom stereocenters. The number of aromatic carboxylic acids is 1. The van der Waals surface area contributed by atoms with Gasteiger partial charge in [-0.2, -0.15) is 0 Å². The SMILES string of the molecule is CCC(C)(C)C(=O)C(=O)N1CCCC[C@H]1C(=O)O[C@H](CCc1ccc(OC)c(OC)c1)c1cccc(OCCNc2cccc(CN3C[C@@H](SC4=C(C(=O)O)N5C(=O)[C@H]([C@@H](C)O)[C@H]5[C@H]4C)C[C@H]3C(=O)Nc3cccc(C(=O)O)c3)n2)c1. The maximum atomic E-state index is 14.2. The van der Waals surface area contributed by atoms with E-state index in [1.807, 2.05) is 67.3 Å². The number of ketones is 1. The minimum Gasteiger partial charge on any atom is -0.493 e. The van der Waals surface area contributed by atoms with E-state index in [1.165, 1.54) is 40.6 Å². The zero-order valence-electron chi connectivity index (χ0n) is 46.7. The standard InChI is InChI=1S/C60H72N6O14S/c1-8-60(4,5)53(68)56(71)65-26-10-9-19-43(65)59(76)80-45(23-21-36-22-24-46(77-6)47(28-36)78-7)37-14-12-18-41(30-37)79-27-25-61-48-20-13-17-40(62-48)32-64-33-42(31-44(64)54(69)63-39-16-11-15-38(29-39)57(72)73)81-52-34(2)50-49(35(3)67)55(70)66(50)51(52)58(74)75/h11-18,20,22,24,28-30,34-35,42-45,49-50,67H,8-10,19,21,23,25-27,31-33H2,1-7H3,(H,61,62)(H,63,69)(H,72,73)(H,74,75)/t34-,35-,42+,43+,44+,45-,49-,50-/m1/s1. The molecule has 0 spiro atoms. The number of likely N-dealkylation sites (tertiary alicyclic amines) is 2. The number of methoxy groups -OCH3 is 2. The normalized spacial score (nSPS) is 21.6. The predicted octanol–water partition coefficient (Wildman–Crippen LogP) is 7.36. The number of piperidine rings is 1. The summed E-state index contributed by atoms with van der Waals surface area (Å²) in [5, 5.41) is 36.3. The second kappa shape index (κ2) is 26.0. The lowest BCUT2D eigenvalue weighted by atomic mass is 9.79. The van der Waals surface area contributed by atoms with Crippen molar-refractivity contribution in [3.63, 3.8) is 0 Å². The number of β-lactam (4-membered cyclic amide) rings is 1. The highest BCUT2D eigenvalue weighted by Crippen LogP contribution is 2.52. The lowest BCUT2D eigenvalue weighted by Crippen LogP contribution is -2.63. The number of carboxylic acids is 2. The van der Waals surface area contributed by atoms with Gasteiger partial charge in [0.25, 0.3) is 5.91 Å². The molecule has 21 heteroatoms. The smallest absolute Gasteiger partial charge is 0.353 e. The van der Waals surface area contributed by atoms with Crippen molar-refractivity contribution in [3.05, 3.63) is 118 Å². The van der Waals surface area contributed by atoms with Gasteiger partial charge in [0, 0.05) is 46.8 Å². The number of aliphatic carboxylic acids is 1. The highest BCUT2D eigenvalue weighted by molar-refractivity contribution is 8.03. The van der Waals surface area contributed by atoms with Gasteiger partial charge in [-0.25, -0.2) is 19.4 Å². The number of rotatable bonds is 25. The average molecular weight is 1130 g/mol. The number of fused-ring (bicyclic) bond motifs is 1. The molecule has 5 heterocycles. The summed E-state index contributed by atoms with van der Waals surface area (Å²) < 4.78 is 23.6. The number of pyridine rings is 1.